The summed E-state index contributed by atoms with van der Waals surface area (Å²) in [6, 6.07) is 4.37. The smallest absolute Gasteiger partial charge is 0.404 e. The maximum absolute atomic E-state index is 12.7. The lowest BCUT2D eigenvalue weighted by atomic mass is 10.1. The van der Waals surface area contributed by atoms with Crippen molar-refractivity contribution in [2.24, 2.45) is 0 Å². The van der Waals surface area contributed by atoms with Crippen molar-refractivity contribution in [3.8, 4) is 0 Å². The van der Waals surface area contributed by atoms with Gasteiger partial charge in [-0.3, -0.25) is 0 Å². The van der Waals surface area contributed by atoms with E-state index in [9.17, 15) is 13.2 Å². The molecule has 0 bridgehead atoms. The third-order valence-electron chi connectivity index (χ3n) is 3.55. The average Bonchev–Trinajstić information content (AvgIpc) is 2.41. The first-order chi connectivity index (χ1) is 9.82. The predicted molar refractivity (Wildman–Crippen MR) is 79.1 cm³/mol. The molecule has 2 N–H and O–H groups in total. The second-order valence-corrected chi connectivity index (χ2v) is 7.33. The monoisotopic (exact) mass is 332 g/mol. The fraction of sp³-hybridized carbons (Fsp3) is 0.462. The molecular weight excluding hydrogens is 316 g/mol. The summed E-state index contributed by atoms with van der Waals surface area (Å²) in [5, 5.41) is 11.5. The van der Waals surface area contributed by atoms with Crippen LogP contribution in [-0.2, 0) is 10.0 Å². The second kappa shape index (κ2) is 6.21. The molecule has 1 aliphatic rings. The van der Waals surface area contributed by atoms with E-state index in [-0.39, 0.29) is 17.5 Å². The van der Waals surface area contributed by atoms with Crippen LogP contribution in [0.4, 0.5) is 4.79 Å². The van der Waals surface area contributed by atoms with Crippen LogP contribution in [0.25, 0.3) is 0 Å². The van der Waals surface area contributed by atoms with Crippen LogP contribution in [-0.4, -0.2) is 43.1 Å². The summed E-state index contributed by atoms with van der Waals surface area (Å²) in [6.07, 6.45) is 0.106. The summed E-state index contributed by atoms with van der Waals surface area (Å²) >= 11 is 5.98. The first-order valence-corrected chi connectivity index (χ1v) is 8.39. The van der Waals surface area contributed by atoms with Crippen LogP contribution in [0.3, 0.4) is 0 Å². The molecule has 8 heteroatoms. The Morgan fingerprint density at radius 2 is 2.19 bits per heavy atom. The van der Waals surface area contributed by atoms with Crippen LogP contribution in [0, 0.1) is 6.92 Å². The van der Waals surface area contributed by atoms with Crippen molar-refractivity contribution in [3.63, 3.8) is 0 Å². The molecule has 1 aliphatic heterocycles. The Balaban J connectivity index is 2.27. The number of carbonyl (C=O) groups is 1. The number of nitrogens with one attached hydrogen (secondary N) is 1. The Labute approximate surface area is 128 Å². The van der Waals surface area contributed by atoms with Gasteiger partial charge in [-0.05, 0) is 37.5 Å². The van der Waals surface area contributed by atoms with Crippen molar-refractivity contribution in [3.05, 3.63) is 28.8 Å². The van der Waals surface area contributed by atoms with Gasteiger partial charge in [-0.25, -0.2) is 13.2 Å². The molecule has 1 fully saturated rings. The van der Waals surface area contributed by atoms with Crippen LogP contribution in [0.5, 0.6) is 0 Å². The number of halogens is 1. The maximum Gasteiger partial charge on any atom is 0.404 e. The van der Waals surface area contributed by atoms with Crippen molar-refractivity contribution in [1.29, 1.82) is 0 Å². The summed E-state index contributed by atoms with van der Waals surface area (Å²) < 4.78 is 26.7. The number of carboxylic acid groups (broad SMARTS) is 1. The van der Waals surface area contributed by atoms with Crippen molar-refractivity contribution in [1.82, 2.24) is 9.62 Å². The molecule has 2 rings (SSSR count). The minimum Gasteiger partial charge on any atom is -0.465 e. The van der Waals surface area contributed by atoms with E-state index < -0.39 is 16.1 Å². The molecule has 1 aromatic rings. The van der Waals surface area contributed by atoms with E-state index >= 15 is 0 Å². The Morgan fingerprint density at radius 1 is 1.48 bits per heavy atom. The molecule has 1 amide bonds. The highest BCUT2D eigenvalue weighted by atomic mass is 35.5. The molecule has 1 aromatic carbocycles. The van der Waals surface area contributed by atoms with Crippen LogP contribution in [0.1, 0.15) is 18.4 Å². The van der Waals surface area contributed by atoms with E-state index in [1.165, 1.54) is 10.4 Å². The largest absolute Gasteiger partial charge is 0.465 e. The van der Waals surface area contributed by atoms with Crippen LogP contribution < -0.4 is 5.32 Å². The molecule has 0 aliphatic carbocycles. The van der Waals surface area contributed by atoms with Crippen molar-refractivity contribution in [2.75, 3.05) is 13.1 Å². The second-order valence-electron chi connectivity index (χ2n) is 5.01. The third-order valence-corrected chi connectivity index (χ3v) is 5.97. The van der Waals surface area contributed by atoms with Crippen molar-refractivity contribution < 1.29 is 18.3 Å². The SMILES string of the molecule is Cc1c(Cl)cccc1S(=O)(=O)N1CCCC(NC(=O)O)C1. The van der Waals surface area contributed by atoms with Gasteiger partial charge in [-0.2, -0.15) is 4.31 Å². The van der Waals surface area contributed by atoms with Gasteiger partial charge >= 0.3 is 6.09 Å². The maximum atomic E-state index is 12.7. The molecule has 0 aromatic heterocycles. The zero-order valence-corrected chi connectivity index (χ0v) is 13.1. The molecule has 1 heterocycles. The molecule has 1 unspecified atom stereocenters. The minimum atomic E-state index is -3.67. The zero-order chi connectivity index (χ0) is 15.6. The van der Waals surface area contributed by atoms with Gasteiger partial charge in [0.05, 0.1) is 4.90 Å². The summed E-state index contributed by atoms with van der Waals surface area (Å²) in [5.74, 6) is 0. The van der Waals surface area contributed by atoms with Crippen LogP contribution >= 0.6 is 11.6 Å². The zero-order valence-electron chi connectivity index (χ0n) is 11.5. The normalized spacial score (nSPS) is 20.2. The number of piperidine rings is 1. The molecule has 0 saturated carbocycles. The Hall–Kier alpha value is -1.31. The first kappa shape index (κ1) is 16.1. The van der Waals surface area contributed by atoms with Gasteiger partial charge < -0.3 is 10.4 Å². The van der Waals surface area contributed by atoms with E-state index in [1.54, 1.807) is 19.1 Å². The quantitative estimate of drug-likeness (QED) is 0.887. The summed E-state index contributed by atoms with van der Waals surface area (Å²) in [5.41, 5.74) is 0.507. The number of sulfonamides is 1. The van der Waals surface area contributed by atoms with Crippen LogP contribution in [0.2, 0.25) is 5.02 Å². The van der Waals surface area contributed by atoms with E-state index in [0.29, 0.717) is 30.0 Å². The lowest BCUT2D eigenvalue weighted by Crippen LogP contribution is -2.49. The van der Waals surface area contributed by atoms with Gasteiger partial charge in [-0.1, -0.05) is 17.7 Å². The average molecular weight is 333 g/mol. The topological polar surface area (TPSA) is 86.7 Å². The molecule has 116 valence electrons. The fourth-order valence-electron chi connectivity index (χ4n) is 2.46. The molecule has 6 nitrogen and oxygen atoms in total. The van der Waals surface area contributed by atoms with Gasteiger partial charge in [0, 0.05) is 24.2 Å². The van der Waals surface area contributed by atoms with Gasteiger partial charge in [-0.15, -0.1) is 0 Å². The predicted octanol–water partition coefficient (Wildman–Crippen LogP) is 2.07. The number of nitrogens with zero attached hydrogens (tertiary/aromatic N) is 1. The van der Waals surface area contributed by atoms with Crippen LogP contribution in [0.15, 0.2) is 23.1 Å². The van der Waals surface area contributed by atoms with E-state index in [4.69, 9.17) is 16.7 Å². The Morgan fingerprint density at radius 3 is 2.86 bits per heavy atom. The third kappa shape index (κ3) is 3.48. The molecule has 0 spiro atoms. The number of benzene rings is 1. The van der Waals surface area contributed by atoms with E-state index in [1.807, 2.05) is 0 Å². The molecule has 0 radical (unpaired) electrons. The highest BCUT2D eigenvalue weighted by molar-refractivity contribution is 7.89. The fourth-order valence-corrected chi connectivity index (χ4v) is 4.46. The highest BCUT2D eigenvalue weighted by Crippen LogP contribution is 2.27. The molecule has 1 atom stereocenters. The lowest BCUT2D eigenvalue weighted by Gasteiger charge is -2.32. The number of rotatable bonds is 3. The van der Waals surface area contributed by atoms with Gasteiger partial charge in [0.1, 0.15) is 0 Å². The summed E-state index contributed by atoms with van der Waals surface area (Å²) in [7, 11) is -3.67. The summed E-state index contributed by atoms with van der Waals surface area (Å²) in [6.45, 7) is 2.18. The number of amides is 1. The van der Waals surface area contributed by atoms with Crippen molar-refractivity contribution >= 4 is 27.7 Å². The molecular formula is C13H17ClN2O4S. The van der Waals surface area contributed by atoms with Gasteiger partial charge in [0.25, 0.3) is 0 Å². The standard InChI is InChI=1S/C13H17ClN2O4S/c1-9-11(14)5-2-6-12(9)21(19,20)16-7-3-4-10(8-16)15-13(17)18/h2,5-6,10,15H,3-4,7-8H2,1H3,(H,17,18). The highest BCUT2D eigenvalue weighted by Gasteiger charge is 2.32. The Bertz CT molecular complexity index is 648. The molecule has 1 saturated heterocycles. The van der Waals surface area contributed by atoms with Gasteiger partial charge in [0.2, 0.25) is 10.0 Å². The Kier molecular flexibility index (Phi) is 4.75. The van der Waals surface area contributed by atoms with Crippen molar-refractivity contribution in [2.45, 2.75) is 30.7 Å². The summed E-state index contributed by atoms with van der Waals surface area (Å²) in [4.78, 5) is 10.9. The number of hydrogen-bond acceptors (Lipinski definition) is 3. The molecule has 21 heavy (non-hydrogen) atoms. The lowest BCUT2D eigenvalue weighted by molar-refractivity contribution is 0.181. The van der Waals surface area contributed by atoms with E-state index in [2.05, 4.69) is 5.32 Å². The first-order valence-electron chi connectivity index (χ1n) is 6.57. The number of hydrogen-bond donors (Lipinski definition) is 2. The van der Waals surface area contributed by atoms with E-state index in [0.717, 1.165) is 0 Å². The van der Waals surface area contributed by atoms with Gasteiger partial charge in [0.15, 0.2) is 0 Å². The minimum absolute atomic E-state index is 0.139.